The van der Waals surface area contributed by atoms with Crippen LogP contribution in [0.4, 0.5) is 0 Å². The van der Waals surface area contributed by atoms with Crippen LogP contribution in [-0.4, -0.2) is 9.38 Å². The van der Waals surface area contributed by atoms with Gasteiger partial charge < -0.3 is 9.14 Å². The van der Waals surface area contributed by atoms with Gasteiger partial charge in [0.2, 0.25) is 0 Å². The molecular formula is C15H13BrN2O. The number of fused-ring (bicyclic) bond motifs is 1. The van der Waals surface area contributed by atoms with Gasteiger partial charge in [0.1, 0.15) is 18.0 Å². The molecule has 0 saturated heterocycles. The van der Waals surface area contributed by atoms with Crippen LogP contribution in [0.2, 0.25) is 0 Å². The number of imidazole rings is 1. The molecule has 0 radical (unpaired) electrons. The molecule has 0 N–H and O–H groups in total. The number of halogens is 1. The first-order chi connectivity index (χ1) is 9.22. The van der Waals surface area contributed by atoms with Crippen molar-refractivity contribution in [3.8, 4) is 5.75 Å². The molecule has 0 saturated carbocycles. The number of ether oxygens (including phenoxy) is 1. The van der Waals surface area contributed by atoms with E-state index in [0.29, 0.717) is 6.61 Å². The highest BCUT2D eigenvalue weighted by atomic mass is 79.9. The van der Waals surface area contributed by atoms with Gasteiger partial charge in [-0.3, -0.25) is 0 Å². The maximum atomic E-state index is 5.83. The first-order valence-corrected chi connectivity index (χ1v) is 6.83. The minimum Gasteiger partial charge on any atom is -0.487 e. The number of rotatable bonds is 3. The monoisotopic (exact) mass is 316 g/mol. The normalized spacial score (nSPS) is 10.8. The third-order valence-corrected chi connectivity index (χ3v) is 3.43. The molecule has 2 heterocycles. The van der Waals surface area contributed by atoms with E-state index in [1.807, 2.05) is 60.1 Å². The van der Waals surface area contributed by atoms with Gasteiger partial charge in [-0.15, -0.1) is 0 Å². The average molecular weight is 317 g/mol. The van der Waals surface area contributed by atoms with Crippen LogP contribution in [0.25, 0.3) is 5.65 Å². The Hall–Kier alpha value is -1.81. The second-order valence-electron chi connectivity index (χ2n) is 4.40. The summed E-state index contributed by atoms with van der Waals surface area (Å²) in [5, 5.41) is 0. The number of aromatic nitrogens is 2. The molecule has 0 aliphatic heterocycles. The van der Waals surface area contributed by atoms with Gasteiger partial charge in [-0.25, -0.2) is 4.98 Å². The first kappa shape index (κ1) is 12.2. The molecule has 0 atom stereocenters. The molecule has 19 heavy (non-hydrogen) atoms. The summed E-state index contributed by atoms with van der Waals surface area (Å²) in [7, 11) is 0. The van der Waals surface area contributed by atoms with E-state index < -0.39 is 0 Å². The Morgan fingerprint density at radius 2 is 2.16 bits per heavy atom. The van der Waals surface area contributed by atoms with Crippen LogP contribution in [0.3, 0.4) is 0 Å². The molecule has 96 valence electrons. The fourth-order valence-electron chi connectivity index (χ4n) is 1.94. The lowest BCUT2D eigenvalue weighted by atomic mass is 10.2. The van der Waals surface area contributed by atoms with E-state index in [1.165, 1.54) is 0 Å². The Morgan fingerprint density at radius 1 is 1.26 bits per heavy atom. The molecule has 2 aromatic heterocycles. The van der Waals surface area contributed by atoms with Gasteiger partial charge >= 0.3 is 0 Å². The van der Waals surface area contributed by atoms with Crippen molar-refractivity contribution in [2.24, 2.45) is 0 Å². The summed E-state index contributed by atoms with van der Waals surface area (Å²) in [6.45, 7) is 2.50. The van der Waals surface area contributed by atoms with Gasteiger partial charge in [0.25, 0.3) is 0 Å². The minimum absolute atomic E-state index is 0.471. The molecule has 4 heteroatoms. The summed E-state index contributed by atoms with van der Waals surface area (Å²) >= 11 is 3.45. The van der Waals surface area contributed by atoms with Crippen molar-refractivity contribution in [1.29, 1.82) is 0 Å². The highest BCUT2D eigenvalue weighted by Gasteiger charge is 2.04. The Kier molecular flexibility index (Phi) is 3.25. The Morgan fingerprint density at radius 3 is 3.00 bits per heavy atom. The third-order valence-electron chi connectivity index (χ3n) is 2.94. The van der Waals surface area contributed by atoms with Crippen molar-refractivity contribution in [3.63, 3.8) is 0 Å². The van der Waals surface area contributed by atoms with Gasteiger partial charge in [0.15, 0.2) is 0 Å². The van der Waals surface area contributed by atoms with E-state index in [2.05, 4.69) is 20.9 Å². The maximum Gasteiger partial charge on any atom is 0.137 e. The van der Waals surface area contributed by atoms with Crippen molar-refractivity contribution < 1.29 is 4.74 Å². The van der Waals surface area contributed by atoms with Gasteiger partial charge in [0, 0.05) is 16.9 Å². The van der Waals surface area contributed by atoms with Gasteiger partial charge in [-0.05, 0) is 36.8 Å². The fourth-order valence-corrected chi connectivity index (χ4v) is 2.28. The van der Waals surface area contributed by atoms with Crippen LogP contribution in [0, 0.1) is 6.92 Å². The molecule has 0 fully saturated rings. The topological polar surface area (TPSA) is 26.5 Å². The van der Waals surface area contributed by atoms with E-state index in [0.717, 1.165) is 27.1 Å². The number of aryl methyl sites for hydroxylation is 1. The molecule has 3 nitrogen and oxygen atoms in total. The third kappa shape index (κ3) is 2.63. The summed E-state index contributed by atoms with van der Waals surface area (Å²) in [5.41, 5.74) is 2.98. The summed E-state index contributed by atoms with van der Waals surface area (Å²) in [6, 6.07) is 12.0. The Balaban J connectivity index is 1.80. The average Bonchev–Trinajstić information content (AvgIpc) is 2.82. The summed E-state index contributed by atoms with van der Waals surface area (Å²) in [5.74, 6) is 0.881. The van der Waals surface area contributed by atoms with Crippen LogP contribution in [0.1, 0.15) is 11.3 Å². The molecule has 0 spiro atoms. The lowest BCUT2D eigenvalue weighted by molar-refractivity contribution is 0.300. The molecule has 3 aromatic rings. The largest absolute Gasteiger partial charge is 0.487 e. The summed E-state index contributed by atoms with van der Waals surface area (Å²) in [6.07, 6.45) is 3.97. The maximum absolute atomic E-state index is 5.83. The highest BCUT2D eigenvalue weighted by molar-refractivity contribution is 9.10. The molecule has 0 amide bonds. The van der Waals surface area contributed by atoms with Crippen LogP contribution in [0.5, 0.6) is 5.75 Å². The van der Waals surface area contributed by atoms with Crippen molar-refractivity contribution in [1.82, 2.24) is 9.38 Å². The van der Waals surface area contributed by atoms with E-state index in [-0.39, 0.29) is 0 Å². The molecule has 0 aliphatic rings. The van der Waals surface area contributed by atoms with E-state index >= 15 is 0 Å². The predicted octanol–water partition coefficient (Wildman–Crippen LogP) is 3.98. The van der Waals surface area contributed by atoms with Crippen molar-refractivity contribution in [2.75, 3.05) is 0 Å². The second kappa shape index (κ2) is 5.05. The van der Waals surface area contributed by atoms with E-state index in [1.54, 1.807) is 0 Å². The summed E-state index contributed by atoms with van der Waals surface area (Å²) in [4.78, 5) is 4.51. The van der Waals surface area contributed by atoms with E-state index in [9.17, 15) is 0 Å². The zero-order chi connectivity index (χ0) is 13.2. The second-order valence-corrected chi connectivity index (χ2v) is 5.31. The molecule has 1 aromatic carbocycles. The number of hydrogen-bond acceptors (Lipinski definition) is 2. The molecule has 3 rings (SSSR count). The number of nitrogens with zero attached hydrogens (tertiary/aromatic N) is 2. The molecule has 0 aliphatic carbocycles. The molecule has 0 unspecified atom stereocenters. The number of hydrogen-bond donors (Lipinski definition) is 0. The zero-order valence-corrected chi connectivity index (χ0v) is 12.1. The quantitative estimate of drug-likeness (QED) is 0.730. The summed E-state index contributed by atoms with van der Waals surface area (Å²) < 4.78 is 8.84. The molecule has 0 bridgehead atoms. The van der Waals surface area contributed by atoms with Crippen molar-refractivity contribution in [3.05, 3.63) is 64.5 Å². The van der Waals surface area contributed by atoms with E-state index in [4.69, 9.17) is 4.74 Å². The van der Waals surface area contributed by atoms with Crippen LogP contribution in [-0.2, 0) is 6.61 Å². The predicted molar refractivity (Wildman–Crippen MR) is 78.4 cm³/mol. The standard InChI is InChI=1S/C15H13BrN2O/c1-11-5-6-12(16)8-14(11)19-10-13-9-18-7-3-2-4-15(18)17-13/h2-9H,10H2,1H3. The SMILES string of the molecule is Cc1ccc(Br)cc1OCc1cn2ccccc2n1. The molecular weight excluding hydrogens is 304 g/mol. The zero-order valence-electron chi connectivity index (χ0n) is 10.5. The van der Waals surface area contributed by atoms with Gasteiger partial charge in [-0.1, -0.05) is 28.1 Å². The number of pyridine rings is 1. The lowest BCUT2D eigenvalue weighted by Gasteiger charge is -2.07. The van der Waals surface area contributed by atoms with Gasteiger partial charge in [0.05, 0.1) is 5.69 Å². The Bertz CT molecular complexity index is 688. The lowest BCUT2D eigenvalue weighted by Crippen LogP contribution is -1.97. The van der Waals surface area contributed by atoms with Crippen LogP contribution >= 0.6 is 15.9 Å². The minimum atomic E-state index is 0.471. The fraction of sp³-hybridized carbons (Fsp3) is 0.133. The Labute approximate surface area is 120 Å². The smallest absolute Gasteiger partial charge is 0.137 e. The van der Waals surface area contributed by atoms with Crippen LogP contribution < -0.4 is 4.74 Å². The first-order valence-electron chi connectivity index (χ1n) is 6.04. The highest BCUT2D eigenvalue weighted by Crippen LogP contribution is 2.23. The van der Waals surface area contributed by atoms with Gasteiger partial charge in [-0.2, -0.15) is 0 Å². The van der Waals surface area contributed by atoms with Crippen LogP contribution in [0.15, 0.2) is 53.3 Å². The number of benzene rings is 1. The van der Waals surface area contributed by atoms with Crippen molar-refractivity contribution >= 4 is 21.6 Å². The van der Waals surface area contributed by atoms with Crippen molar-refractivity contribution in [2.45, 2.75) is 13.5 Å².